The highest BCUT2D eigenvalue weighted by Gasteiger charge is 2.34. The van der Waals surface area contributed by atoms with Crippen molar-refractivity contribution in [1.29, 1.82) is 0 Å². The van der Waals surface area contributed by atoms with Crippen molar-refractivity contribution < 1.29 is 13.6 Å². The predicted molar refractivity (Wildman–Crippen MR) is 71.9 cm³/mol. The Hall–Kier alpha value is -1.72. The number of halogens is 2. The first-order valence-electron chi connectivity index (χ1n) is 6.71. The molecule has 110 valence electrons. The second-order valence-corrected chi connectivity index (χ2v) is 5.21. The zero-order valence-electron chi connectivity index (χ0n) is 11.6. The topological polar surface area (TPSA) is 38.1 Å². The van der Waals surface area contributed by atoms with E-state index in [1.807, 2.05) is 11.8 Å². The number of rotatable bonds is 5. The normalized spacial score (nSPS) is 18.1. The summed E-state index contributed by atoms with van der Waals surface area (Å²) in [5.41, 5.74) is 1.62. The standard InChI is InChI=1S/C14H19F2N3O/c1-11-9-19(13(10-20)17-11)6-3-12(2)18-7-4-14(15,16)5-8-18/h9-10H,2-8H2,1H3. The second-order valence-electron chi connectivity index (χ2n) is 5.21. The van der Waals surface area contributed by atoms with Crippen LogP contribution in [-0.4, -0.2) is 39.7 Å². The summed E-state index contributed by atoms with van der Waals surface area (Å²) in [5, 5.41) is 0. The Balaban J connectivity index is 1.88. The minimum absolute atomic E-state index is 0.115. The molecule has 0 unspecified atom stereocenters. The van der Waals surface area contributed by atoms with Gasteiger partial charge in [-0.3, -0.25) is 4.79 Å². The summed E-state index contributed by atoms with van der Waals surface area (Å²) >= 11 is 0. The molecule has 1 aliphatic heterocycles. The van der Waals surface area contributed by atoms with E-state index < -0.39 is 5.92 Å². The Kier molecular flexibility index (Phi) is 4.20. The van der Waals surface area contributed by atoms with Gasteiger partial charge >= 0.3 is 0 Å². The maximum absolute atomic E-state index is 13.1. The van der Waals surface area contributed by atoms with Crippen molar-refractivity contribution in [3.8, 4) is 0 Å². The average Bonchev–Trinajstić information content (AvgIpc) is 2.76. The SMILES string of the molecule is C=C(CCn1cc(C)nc1C=O)N1CCC(F)(F)CC1. The summed E-state index contributed by atoms with van der Waals surface area (Å²) < 4.78 is 27.9. The maximum atomic E-state index is 13.1. The summed E-state index contributed by atoms with van der Waals surface area (Å²) in [6.45, 7) is 7.06. The molecule has 0 spiro atoms. The number of aldehydes is 1. The summed E-state index contributed by atoms with van der Waals surface area (Å²) in [4.78, 5) is 16.9. The molecule has 0 amide bonds. The van der Waals surface area contributed by atoms with E-state index in [4.69, 9.17) is 0 Å². The number of imidazole rings is 1. The number of aryl methyl sites for hydroxylation is 2. The third-order valence-electron chi connectivity index (χ3n) is 3.62. The summed E-state index contributed by atoms with van der Waals surface area (Å²) in [7, 11) is 0. The van der Waals surface area contributed by atoms with Crippen LogP contribution in [0.1, 0.15) is 35.6 Å². The average molecular weight is 283 g/mol. The van der Waals surface area contributed by atoms with Crippen molar-refractivity contribution in [3.05, 3.63) is 30.0 Å². The minimum Gasteiger partial charge on any atom is -0.375 e. The van der Waals surface area contributed by atoms with Gasteiger partial charge < -0.3 is 9.47 Å². The minimum atomic E-state index is -2.54. The number of nitrogens with zero attached hydrogens (tertiary/aromatic N) is 3. The van der Waals surface area contributed by atoms with Crippen LogP contribution in [0.2, 0.25) is 0 Å². The number of carbonyl (C=O) groups excluding carboxylic acids is 1. The highest BCUT2D eigenvalue weighted by molar-refractivity contribution is 5.69. The maximum Gasteiger partial charge on any atom is 0.251 e. The molecule has 0 aromatic carbocycles. The molecule has 0 radical (unpaired) electrons. The van der Waals surface area contributed by atoms with Gasteiger partial charge in [-0.25, -0.2) is 13.8 Å². The van der Waals surface area contributed by atoms with Gasteiger partial charge in [-0.05, 0) is 6.92 Å². The van der Waals surface area contributed by atoms with Crippen molar-refractivity contribution in [2.75, 3.05) is 13.1 Å². The first-order valence-corrected chi connectivity index (χ1v) is 6.71. The van der Waals surface area contributed by atoms with Gasteiger partial charge in [0.25, 0.3) is 5.92 Å². The van der Waals surface area contributed by atoms with E-state index in [9.17, 15) is 13.6 Å². The number of hydrogen-bond donors (Lipinski definition) is 0. The summed E-state index contributed by atoms with van der Waals surface area (Å²) in [6.07, 6.45) is 2.92. The Bertz CT molecular complexity index is 501. The van der Waals surface area contributed by atoms with Gasteiger partial charge in [0.2, 0.25) is 0 Å². The van der Waals surface area contributed by atoms with Gasteiger partial charge in [0, 0.05) is 50.8 Å². The summed E-state index contributed by atoms with van der Waals surface area (Å²) in [6, 6.07) is 0. The van der Waals surface area contributed by atoms with Crippen molar-refractivity contribution in [2.24, 2.45) is 0 Å². The van der Waals surface area contributed by atoms with Gasteiger partial charge in [-0.2, -0.15) is 0 Å². The van der Waals surface area contributed by atoms with Crippen molar-refractivity contribution in [3.63, 3.8) is 0 Å². The molecule has 1 aliphatic rings. The molecule has 1 aromatic heterocycles. The Morgan fingerprint density at radius 1 is 1.50 bits per heavy atom. The highest BCUT2D eigenvalue weighted by atomic mass is 19.3. The number of carbonyl (C=O) groups is 1. The molecule has 1 fully saturated rings. The Morgan fingerprint density at radius 2 is 2.15 bits per heavy atom. The first-order chi connectivity index (χ1) is 9.41. The molecule has 0 N–H and O–H groups in total. The number of aromatic nitrogens is 2. The lowest BCUT2D eigenvalue weighted by Gasteiger charge is -2.34. The van der Waals surface area contributed by atoms with Gasteiger partial charge in [0.05, 0.1) is 5.69 Å². The van der Waals surface area contributed by atoms with Crippen LogP contribution in [-0.2, 0) is 6.54 Å². The molecule has 1 saturated heterocycles. The zero-order chi connectivity index (χ0) is 14.8. The number of likely N-dealkylation sites (tertiary alicyclic amines) is 1. The van der Waals surface area contributed by atoms with E-state index >= 15 is 0 Å². The van der Waals surface area contributed by atoms with E-state index in [0.717, 1.165) is 17.7 Å². The molecule has 2 heterocycles. The van der Waals surface area contributed by atoms with Crippen LogP contribution < -0.4 is 0 Å². The predicted octanol–water partition coefficient (Wildman–Crippen LogP) is 2.64. The van der Waals surface area contributed by atoms with Crippen LogP contribution in [0.5, 0.6) is 0 Å². The molecule has 2 rings (SSSR count). The highest BCUT2D eigenvalue weighted by Crippen LogP contribution is 2.29. The lowest BCUT2D eigenvalue weighted by molar-refractivity contribution is -0.0494. The van der Waals surface area contributed by atoms with Gasteiger partial charge in [-0.1, -0.05) is 6.58 Å². The smallest absolute Gasteiger partial charge is 0.251 e. The van der Waals surface area contributed by atoms with E-state index in [2.05, 4.69) is 11.6 Å². The fraction of sp³-hybridized carbons (Fsp3) is 0.571. The molecule has 1 aromatic rings. The van der Waals surface area contributed by atoms with E-state index in [-0.39, 0.29) is 12.8 Å². The number of hydrogen-bond acceptors (Lipinski definition) is 3. The van der Waals surface area contributed by atoms with E-state index in [1.54, 1.807) is 10.8 Å². The molecular weight excluding hydrogens is 264 g/mol. The molecule has 0 atom stereocenters. The number of allylic oxidation sites excluding steroid dienone is 1. The van der Waals surface area contributed by atoms with E-state index in [1.165, 1.54) is 0 Å². The van der Waals surface area contributed by atoms with Crippen LogP contribution in [0.15, 0.2) is 18.5 Å². The number of alkyl halides is 2. The van der Waals surface area contributed by atoms with Crippen LogP contribution in [0.25, 0.3) is 0 Å². The lowest BCUT2D eigenvalue weighted by atomic mass is 10.1. The third-order valence-corrected chi connectivity index (χ3v) is 3.62. The van der Waals surface area contributed by atoms with Crippen LogP contribution in [0, 0.1) is 6.92 Å². The van der Waals surface area contributed by atoms with Crippen molar-refractivity contribution in [2.45, 2.75) is 38.7 Å². The molecule has 0 saturated carbocycles. The first kappa shape index (κ1) is 14.7. The molecule has 0 aliphatic carbocycles. The summed E-state index contributed by atoms with van der Waals surface area (Å²) in [5.74, 6) is -2.15. The molecule has 4 nitrogen and oxygen atoms in total. The quantitative estimate of drug-likeness (QED) is 0.780. The van der Waals surface area contributed by atoms with Crippen molar-refractivity contribution in [1.82, 2.24) is 14.5 Å². The lowest BCUT2D eigenvalue weighted by Crippen LogP contribution is -2.38. The Morgan fingerprint density at radius 3 is 2.75 bits per heavy atom. The largest absolute Gasteiger partial charge is 0.375 e. The fourth-order valence-corrected chi connectivity index (χ4v) is 2.40. The van der Waals surface area contributed by atoms with Gasteiger partial charge in [0.1, 0.15) is 0 Å². The zero-order valence-corrected chi connectivity index (χ0v) is 11.6. The number of piperidine rings is 1. The van der Waals surface area contributed by atoms with Crippen LogP contribution >= 0.6 is 0 Å². The molecule has 20 heavy (non-hydrogen) atoms. The van der Waals surface area contributed by atoms with Crippen LogP contribution in [0.4, 0.5) is 8.78 Å². The van der Waals surface area contributed by atoms with Crippen LogP contribution in [0.3, 0.4) is 0 Å². The third kappa shape index (κ3) is 3.43. The van der Waals surface area contributed by atoms with Gasteiger partial charge in [0.15, 0.2) is 12.1 Å². The fourth-order valence-electron chi connectivity index (χ4n) is 2.40. The molecule has 0 bridgehead atoms. The second kappa shape index (κ2) is 5.73. The Labute approximate surface area is 117 Å². The molecular formula is C14H19F2N3O. The van der Waals surface area contributed by atoms with E-state index in [0.29, 0.717) is 31.9 Å². The van der Waals surface area contributed by atoms with Gasteiger partial charge in [-0.15, -0.1) is 0 Å². The molecule has 6 heteroatoms. The monoisotopic (exact) mass is 283 g/mol. The van der Waals surface area contributed by atoms with Crippen molar-refractivity contribution >= 4 is 6.29 Å².